The molecule has 0 atom stereocenters. The lowest BCUT2D eigenvalue weighted by Gasteiger charge is -2.03. The maximum Gasteiger partial charge on any atom is 0.264 e. The van der Waals surface area contributed by atoms with Gasteiger partial charge in [-0.15, -0.1) is 0 Å². The zero-order valence-corrected chi connectivity index (χ0v) is 10.0. The van der Waals surface area contributed by atoms with Gasteiger partial charge in [0.25, 0.3) is 9.05 Å². The van der Waals surface area contributed by atoms with Gasteiger partial charge in [-0.3, -0.25) is 0 Å². The fraction of sp³-hybridized carbons (Fsp3) is 0.100. The Morgan fingerprint density at radius 1 is 1.31 bits per heavy atom. The van der Waals surface area contributed by atoms with E-state index in [2.05, 4.69) is 5.10 Å². The minimum atomic E-state index is -3.71. The van der Waals surface area contributed by atoms with E-state index in [1.807, 2.05) is 31.2 Å². The van der Waals surface area contributed by atoms with Crippen LogP contribution < -0.4 is 0 Å². The Morgan fingerprint density at radius 2 is 2.00 bits per heavy atom. The minimum Gasteiger partial charge on any atom is -0.239 e. The van der Waals surface area contributed by atoms with E-state index in [1.165, 1.54) is 17.1 Å². The molecule has 0 fully saturated rings. The lowest BCUT2D eigenvalue weighted by molar-refractivity contribution is 0.609. The molecule has 6 heteroatoms. The van der Waals surface area contributed by atoms with E-state index >= 15 is 0 Å². The highest BCUT2D eigenvalue weighted by molar-refractivity contribution is 8.13. The van der Waals surface area contributed by atoms with Crippen LogP contribution in [0.1, 0.15) is 5.56 Å². The normalized spacial score (nSPS) is 11.6. The maximum atomic E-state index is 11.1. The second-order valence-corrected chi connectivity index (χ2v) is 5.91. The molecule has 1 heterocycles. The molecule has 0 amide bonds. The first-order chi connectivity index (χ1) is 7.48. The molecule has 2 aromatic rings. The summed E-state index contributed by atoms with van der Waals surface area (Å²) in [5.74, 6) is 0. The van der Waals surface area contributed by atoms with Crippen LogP contribution in [0.5, 0.6) is 0 Å². The van der Waals surface area contributed by atoms with Gasteiger partial charge < -0.3 is 0 Å². The molecule has 0 aliphatic rings. The number of para-hydroxylation sites is 1. The quantitative estimate of drug-likeness (QED) is 0.774. The predicted molar refractivity (Wildman–Crippen MR) is 61.3 cm³/mol. The summed E-state index contributed by atoms with van der Waals surface area (Å²) in [6.45, 7) is 1.92. The van der Waals surface area contributed by atoms with Crippen LogP contribution in [0.4, 0.5) is 0 Å². The number of aryl methyl sites for hydroxylation is 1. The zero-order valence-electron chi connectivity index (χ0n) is 8.46. The molecule has 16 heavy (non-hydrogen) atoms. The summed E-state index contributed by atoms with van der Waals surface area (Å²) in [6, 6.07) is 7.54. The molecule has 0 unspecified atom stereocenters. The fourth-order valence-corrected chi connectivity index (χ4v) is 2.02. The summed E-state index contributed by atoms with van der Waals surface area (Å²) in [7, 11) is 1.50. The van der Waals surface area contributed by atoms with E-state index in [0.29, 0.717) is 0 Å². The molecule has 84 valence electrons. The first kappa shape index (κ1) is 11.2. The number of benzene rings is 1. The molecule has 0 radical (unpaired) electrons. The third-order valence-electron chi connectivity index (χ3n) is 2.20. The molecular formula is C10H9ClN2O2S. The van der Waals surface area contributed by atoms with Crippen molar-refractivity contribution in [1.82, 2.24) is 9.78 Å². The molecule has 2 rings (SSSR count). The Kier molecular flexibility index (Phi) is 2.73. The predicted octanol–water partition coefficient (Wildman–Crippen LogP) is 2.11. The monoisotopic (exact) mass is 256 g/mol. The van der Waals surface area contributed by atoms with Gasteiger partial charge >= 0.3 is 0 Å². The fourth-order valence-electron chi connectivity index (χ4n) is 1.38. The standard InChI is InChI=1S/C10H9ClN2O2S/c1-8-4-2-3-5-10(8)13-7-9(6-12-13)16(11,14)15/h2-7H,1H3. The molecule has 1 aromatic carbocycles. The topological polar surface area (TPSA) is 52.0 Å². The van der Waals surface area contributed by atoms with Gasteiger partial charge in [0.15, 0.2) is 0 Å². The molecule has 0 spiro atoms. The average Bonchev–Trinajstić information content (AvgIpc) is 2.66. The first-order valence-corrected chi connectivity index (χ1v) is 6.85. The molecule has 0 aliphatic carbocycles. The van der Waals surface area contributed by atoms with E-state index in [4.69, 9.17) is 10.7 Å². The summed E-state index contributed by atoms with van der Waals surface area (Å²) < 4.78 is 23.6. The Bertz CT molecular complexity index is 619. The van der Waals surface area contributed by atoms with Gasteiger partial charge in [-0.25, -0.2) is 13.1 Å². The van der Waals surface area contributed by atoms with Crippen molar-refractivity contribution in [2.75, 3.05) is 0 Å². The van der Waals surface area contributed by atoms with Crippen LogP contribution in [0.2, 0.25) is 0 Å². The van der Waals surface area contributed by atoms with Crippen molar-refractivity contribution in [1.29, 1.82) is 0 Å². The third-order valence-corrected chi connectivity index (χ3v) is 3.51. The summed E-state index contributed by atoms with van der Waals surface area (Å²) in [5, 5.41) is 3.97. The van der Waals surface area contributed by atoms with Crippen molar-refractivity contribution >= 4 is 19.7 Å². The van der Waals surface area contributed by atoms with Gasteiger partial charge in [0.1, 0.15) is 4.90 Å². The number of hydrogen-bond acceptors (Lipinski definition) is 3. The smallest absolute Gasteiger partial charge is 0.239 e. The Balaban J connectivity index is 2.52. The zero-order chi connectivity index (χ0) is 11.8. The molecule has 0 bridgehead atoms. The second-order valence-electron chi connectivity index (χ2n) is 3.34. The second kappa shape index (κ2) is 3.92. The van der Waals surface area contributed by atoms with Gasteiger partial charge in [-0.1, -0.05) is 18.2 Å². The van der Waals surface area contributed by atoms with Crippen LogP contribution in [0.25, 0.3) is 5.69 Å². The number of rotatable bonds is 2. The molecule has 0 aliphatic heterocycles. The first-order valence-electron chi connectivity index (χ1n) is 4.54. The molecule has 0 N–H and O–H groups in total. The van der Waals surface area contributed by atoms with E-state index in [1.54, 1.807) is 0 Å². The number of nitrogens with zero attached hydrogens (tertiary/aromatic N) is 2. The molecule has 4 nitrogen and oxygen atoms in total. The molecule has 0 saturated heterocycles. The Morgan fingerprint density at radius 3 is 2.56 bits per heavy atom. The van der Waals surface area contributed by atoms with Crippen molar-refractivity contribution in [3.05, 3.63) is 42.2 Å². The van der Waals surface area contributed by atoms with Gasteiger partial charge in [-0.05, 0) is 18.6 Å². The van der Waals surface area contributed by atoms with Gasteiger partial charge in [0, 0.05) is 10.7 Å². The van der Waals surface area contributed by atoms with Crippen LogP contribution in [-0.2, 0) is 9.05 Å². The van der Waals surface area contributed by atoms with Crippen molar-refractivity contribution in [2.24, 2.45) is 0 Å². The SMILES string of the molecule is Cc1ccccc1-n1cc(S(=O)(=O)Cl)cn1. The van der Waals surface area contributed by atoms with Crippen molar-refractivity contribution < 1.29 is 8.42 Å². The van der Waals surface area contributed by atoms with Crippen molar-refractivity contribution in [2.45, 2.75) is 11.8 Å². The van der Waals surface area contributed by atoms with Gasteiger partial charge in [-0.2, -0.15) is 5.10 Å². The highest BCUT2D eigenvalue weighted by atomic mass is 35.7. The lowest BCUT2D eigenvalue weighted by Crippen LogP contribution is -1.96. The number of halogens is 1. The summed E-state index contributed by atoms with van der Waals surface area (Å²) >= 11 is 0. The lowest BCUT2D eigenvalue weighted by atomic mass is 10.2. The van der Waals surface area contributed by atoms with Crippen molar-refractivity contribution in [3.8, 4) is 5.69 Å². The highest BCUT2D eigenvalue weighted by Crippen LogP contribution is 2.17. The average molecular weight is 257 g/mol. The molecule has 0 saturated carbocycles. The van der Waals surface area contributed by atoms with E-state index < -0.39 is 9.05 Å². The molecule has 1 aromatic heterocycles. The van der Waals surface area contributed by atoms with Crippen LogP contribution in [0, 0.1) is 6.92 Å². The Hall–Kier alpha value is -1.33. The Labute approximate surface area is 97.9 Å². The van der Waals surface area contributed by atoms with E-state index in [-0.39, 0.29) is 4.90 Å². The van der Waals surface area contributed by atoms with Crippen molar-refractivity contribution in [3.63, 3.8) is 0 Å². The summed E-state index contributed by atoms with van der Waals surface area (Å²) in [6.07, 6.45) is 2.62. The van der Waals surface area contributed by atoms with Crippen LogP contribution in [-0.4, -0.2) is 18.2 Å². The van der Waals surface area contributed by atoms with E-state index in [0.717, 1.165) is 11.3 Å². The summed E-state index contributed by atoms with van der Waals surface area (Å²) in [4.78, 5) is -0.00239. The summed E-state index contributed by atoms with van der Waals surface area (Å²) in [5.41, 5.74) is 1.83. The highest BCUT2D eigenvalue weighted by Gasteiger charge is 2.13. The van der Waals surface area contributed by atoms with Gasteiger partial charge in [0.05, 0.1) is 18.1 Å². The van der Waals surface area contributed by atoms with Crippen LogP contribution in [0.3, 0.4) is 0 Å². The minimum absolute atomic E-state index is 0.00239. The van der Waals surface area contributed by atoms with Gasteiger partial charge in [0.2, 0.25) is 0 Å². The van der Waals surface area contributed by atoms with Crippen LogP contribution >= 0.6 is 10.7 Å². The largest absolute Gasteiger partial charge is 0.264 e. The number of aromatic nitrogens is 2. The van der Waals surface area contributed by atoms with E-state index in [9.17, 15) is 8.42 Å². The third kappa shape index (κ3) is 2.10. The number of hydrogen-bond donors (Lipinski definition) is 0. The van der Waals surface area contributed by atoms with Crippen LogP contribution in [0.15, 0.2) is 41.6 Å². The maximum absolute atomic E-state index is 11.1. The molecular weight excluding hydrogens is 248 g/mol.